The third-order valence-electron chi connectivity index (χ3n) is 3.77. The van der Waals surface area contributed by atoms with Gasteiger partial charge in [0.2, 0.25) is 5.91 Å². The maximum atomic E-state index is 12.5. The Balaban J connectivity index is 1.65. The summed E-state index contributed by atoms with van der Waals surface area (Å²) in [5.41, 5.74) is 5.62. The average molecular weight is 494 g/mol. The van der Waals surface area contributed by atoms with Crippen LogP contribution in [-0.4, -0.2) is 20.2 Å². The molecule has 3 aromatic rings. The van der Waals surface area contributed by atoms with Crippen molar-refractivity contribution in [3.8, 4) is 0 Å². The molecule has 0 spiro atoms. The number of para-hydroxylation sites is 1. The number of thiophene rings is 1. The molecule has 0 aliphatic carbocycles. The maximum absolute atomic E-state index is 12.5. The van der Waals surface area contributed by atoms with Gasteiger partial charge in [-0.2, -0.15) is 0 Å². The van der Waals surface area contributed by atoms with Gasteiger partial charge in [-0.05, 0) is 41.3 Å². The normalized spacial score (nSPS) is 10.9. The molecule has 0 fully saturated rings. The van der Waals surface area contributed by atoms with Crippen molar-refractivity contribution in [3.05, 3.63) is 81.6 Å². The molecule has 10 heteroatoms. The molecule has 0 aliphatic rings. The van der Waals surface area contributed by atoms with E-state index in [0.717, 1.165) is 21.4 Å². The first kappa shape index (κ1) is 21.0. The summed E-state index contributed by atoms with van der Waals surface area (Å²) in [5.74, 6) is -1.05. The molecule has 0 saturated carbocycles. The number of carbonyl (C=O) groups excluding carboxylic acids is 2. The lowest BCUT2D eigenvalue weighted by Crippen LogP contribution is -2.42. The van der Waals surface area contributed by atoms with Crippen molar-refractivity contribution in [2.45, 2.75) is 10.6 Å². The smallest absolute Gasteiger partial charge is 0.271 e. The molecule has 1 heterocycles. The van der Waals surface area contributed by atoms with Gasteiger partial charge in [0.05, 0.1) is 17.7 Å². The van der Waals surface area contributed by atoms with Crippen LogP contribution in [0, 0.1) is 0 Å². The molecular weight excluding hydrogens is 478 g/mol. The Morgan fingerprint density at radius 3 is 2.34 bits per heavy atom. The standard InChI is InChI=1S/C19H16BrN3O4S2/c20-14-9-7-13(8-10-14)12-17(24)21-22-19(25)15-4-1-2-5-16(15)23-29(26,27)18-6-3-11-28-18/h1-11,23H,12H2,(H,21,24)(H,22,25). The van der Waals surface area contributed by atoms with Crippen molar-refractivity contribution in [1.29, 1.82) is 0 Å². The van der Waals surface area contributed by atoms with Crippen molar-refractivity contribution < 1.29 is 18.0 Å². The second-order valence-corrected chi connectivity index (χ2v) is 9.66. The van der Waals surface area contributed by atoms with Crippen LogP contribution in [0.3, 0.4) is 0 Å². The maximum Gasteiger partial charge on any atom is 0.271 e. The van der Waals surface area contributed by atoms with Gasteiger partial charge < -0.3 is 0 Å². The molecular formula is C19H16BrN3O4S2. The highest BCUT2D eigenvalue weighted by atomic mass is 79.9. The first-order valence-corrected chi connectivity index (χ1v) is 11.5. The average Bonchev–Trinajstić information content (AvgIpc) is 3.24. The van der Waals surface area contributed by atoms with Crippen molar-refractivity contribution in [2.75, 3.05) is 4.72 Å². The minimum Gasteiger partial charge on any atom is -0.278 e. The van der Waals surface area contributed by atoms with E-state index in [9.17, 15) is 18.0 Å². The second kappa shape index (κ2) is 9.21. The number of benzene rings is 2. The fraction of sp³-hybridized carbons (Fsp3) is 0.0526. The Kier molecular flexibility index (Phi) is 6.68. The van der Waals surface area contributed by atoms with Crippen molar-refractivity contribution >= 4 is 54.8 Å². The Bertz CT molecular complexity index is 1110. The quantitative estimate of drug-likeness (QED) is 0.458. The molecule has 3 rings (SSSR count). The molecule has 150 valence electrons. The molecule has 0 atom stereocenters. The summed E-state index contributed by atoms with van der Waals surface area (Å²) in [7, 11) is -3.80. The number of carbonyl (C=O) groups is 2. The van der Waals surface area contributed by atoms with E-state index in [1.165, 1.54) is 18.2 Å². The molecule has 0 radical (unpaired) electrons. The highest BCUT2D eigenvalue weighted by molar-refractivity contribution is 9.10. The number of hydrazine groups is 1. The van der Waals surface area contributed by atoms with Crippen LogP contribution in [0.1, 0.15) is 15.9 Å². The summed E-state index contributed by atoms with van der Waals surface area (Å²) in [5, 5.41) is 1.65. The Hall–Kier alpha value is -2.69. The SMILES string of the molecule is O=C(Cc1ccc(Br)cc1)NNC(=O)c1ccccc1NS(=O)(=O)c1cccs1. The molecule has 1 aromatic heterocycles. The van der Waals surface area contributed by atoms with E-state index in [4.69, 9.17) is 0 Å². The molecule has 3 N–H and O–H groups in total. The number of halogens is 1. The monoisotopic (exact) mass is 493 g/mol. The molecule has 2 amide bonds. The zero-order valence-corrected chi connectivity index (χ0v) is 18.1. The molecule has 0 bridgehead atoms. The third kappa shape index (κ3) is 5.66. The van der Waals surface area contributed by atoms with E-state index in [2.05, 4.69) is 31.5 Å². The number of sulfonamides is 1. The fourth-order valence-electron chi connectivity index (χ4n) is 2.41. The zero-order valence-electron chi connectivity index (χ0n) is 14.9. The molecule has 0 unspecified atom stereocenters. The molecule has 7 nitrogen and oxygen atoms in total. The predicted molar refractivity (Wildman–Crippen MR) is 115 cm³/mol. The number of amides is 2. The second-order valence-electron chi connectivity index (χ2n) is 5.89. The summed E-state index contributed by atoms with van der Waals surface area (Å²) < 4.78 is 28.3. The third-order valence-corrected chi connectivity index (χ3v) is 7.06. The number of anilines is 1. The minimum atomic E-state index is -3.80. The van der Waals surface area contributed by atoms with Gasteiger partial charge in [-0.3, -0.25) is 25.2 Å². The van der Waals surface area contributed by atoms with Crippen molar-refractivity contribution in [3.63, 3.8) is 0 Å². The van der Waals surface area contributed by atoms with E-state index in [1.807, 2.05) is 12.1 Å². The van der Waals surface area contributed by atoms with Gasteiger partial charge in [0.15, 0.2) is 0 Å². The Morgan fingerprint density at radius 1 is 0.931 bits per heavy atom. The van der Waals surface area contributed by atoms with E-state index < -0.39 is 21.8 Å². The topological polar surface area (TPSA) is 104 Å². The first-order chi connectivity index (χ1) is 13.8. The zero-order chi connectivity index (χ0) is 20.9. The van der Waals surface area contributed by atoms with Crippen LogP contribution in [0.4, 0.5) is 5.69 Å². The molecule has 0 aliphatic heterocycles. The van der Waals surface area contributed by atoms with Crippen LogP contribution in [-0.2, 0) is 21.2 Å². The van der Waals surface area contributed by atoms with Gasteiger partial charge in [0.25, 0.3) is 15.9 Å². The van der Waals surface area contributed by atoms with Crippen LogP contribution in [0.25, 0.3) is 0 Å². The van der Waals surface area contributed by atoms with Crippen molar-refractivity contribution in [1.82, 2.24) is 10.9 Å². The van der Waals surface area contributed by atoms with E-state index in [-0.39, 0.29) is 21.9 Å². The van der Waals surface area contributed by atoms with Crippen LogP contribution in [0.2, 0.25) is 0 Å². The van der Waals surface area contributed by atoms with E-state index >= 15 is 0 Å². The summed E-state index contributed by atoms with van der Waals surface area (Å²) in [6.07, 6.45) is 0.0835. The van der Waals surface area contributed by atoms with Gasteiger partial charge in [-0.25, -0.2) is 8.42 Å². The molecule has 29 heavy (non-hydrogen) atoms. The van der Waals surface area contributed by atoms with Gasteiger partial charge in [-0.15, -0.1) is 11.3 Å². The van der Waals surface area contributed by atoms with Crippen LogP contribution in [0.5, 0.6) is 0 Å². The van der Waals surface area contributed by atoms with Gasteiger partial charge >= 0.3 is 0 Å². The van der Waals surface area contributed by atoms with Gasteiger partial charge in [0.1, 0.15) is 4.21 Å². The molecule has 2 aromatic carbocycles. The summed E-state index contributed by atoms with van der Waals surface area (Å²) in [4.78, 5) is 24.5. The Labute approximate surface area is 180 Å². The number of rotatable bonds is 6. The highest BCUT2D eigenvalue weighted by Gasteiger charge is 2.19. The largest absolute Gasteiger partial charge is 0.278 e. The van der Waals surface area contributed by atoms with Gasteiger partial charge in [0, 0.05) is 4.47 Å². The van der Waals surface area contributed by atoms with Gasteiger partial charge in [-0.1, -0.05) is 46.3 Å². The van der Waals surface area contributed by atoms with Crippen LogP contribution in [0.15, 0.2) is 74.7 Å². The minimum absolute atomic E-state index is 0.0802. The summed E-state index contributed by atoms with van der Waals surface area (Å²) in [6, 6.07) is 16.5. The fourth-order valence-corrected chi connectivity index (χ4v) is 4.74. The lowest BCUT2D eigenvalue weighted by molar-refractivity contribution is -0.121. The Morgan fingerprint density at radius 2 is 1.66 bits per heavy atom. The van der Waals surface area contributed by atoms with Crippen LogP contribution >= 0.6 is 27.3 Å². The van der Waals surface area contributed by atoms with Crippen LogP contribution < -0.4 is 15.6 Å². The highest BCUT2D eigenvalue weighted by Crippen LogP contribution is 2.22. The summed E-state index contributed by atoms with van der Waals surface area (Å²) in [6.45, 7) is 0. The van der Waals surface area contributed by atoms with Crippen molar-refractivity contribution in [2.24, 2.45) is 0 Å². The number of hydrogen-bond donors (Lipinski definition) is 3. The lowest BCUT2D eigenvalue weighted by atomic mass is 10.1. The first-order valence-electron chi connectivity index (χ1n) is 8.34. The van der Waals surface area contributed by atoms with E-state index in [0.29, 0.717) is 0 Å². The number of nitrogens with one attached hydrogen (secondary N) is 3. The predicted octanol–water partition coefficient (Wildman–Crippen LogP) is 3.32. The number of hydrogen-bond acceptors (Lipinski definition) is 5. The lowest BCUT2D eigenvalue weighted by Gasteiger charge is -2.12. The molecule has 0 saturated heterocycles. The summed E-state index contributed by atoms with van der Waals surface area (Å²) >= 11 is 4.39. The van der Waals surface area contributed by atoms with E-state index in [1.54, 1.807) is 35.7 Å².